The molecule has 2 fully saturated rings. The third kappa shape index (κ3) is 11.3. The van der Waals surface area contributed by atoms with Gasteiger partial charge in [-0.2, -0.15) is 0 Å². The molecule has 2 saturated heterocycles. The quantitative estimate of drug-likeness (QED) is 0.182. The Balaban J connectivity index is 1.70. The van der Waals surface area contributed by atoms with Crippen LogP contribution in [0.1, 0.15) is 99.3 Å². The second kappa shape index (κ2) is 20.4. The van der Waals surface area contributed by atoms with Gasteiger partial charge in [0.2, 0.25) is 17.7 Å². The van der Waals surface area contributed by atoms with E-state index in [1.165, 1.54) is 0 Å². The molecule has 2 aliphatic heterocycles. The molecule has 0 unspecified atom stereocenters. The fourth-order valence-electron chi connectivity index (χ4n) is 8.22. The highest BCUT2D eigenvalue weighted by atomic mass is 16.5. The van der Waals surface area contributed by atoms with Crippen molar-refractivity contribution in [1.82, 2.24) is 20.4 Å². The van der Waals surface area contributed by atoms with Crippen molar-refractivity contribution in [2.45, 2.75) is 129 Å². The Labute approximate surface area is 308 Å². The maximum absolute atomic E-state index is 14.3. The minimum Gasteiger partial charge on any atom is -0.379 e. The van der Waals surface area contributed by atoms with Crippen LogP contribution in [0.25, 0.3) is 0 Å². The van der Waals surface area contributed by atoms with E-state index in [1.807, 2.05) is 56.9 Å². The average molecular weight is 713 g/mol. The number of ketones is 1. The lowest BCUT2D eigenvalue weighted by atomic mass is 9.79. The van der Waals surface area contributed by atoms with Crippen LogP contribution in [0.15, 0.2) is 36.5 Å². The van der Waals surface area contributed by atoms with Gasteiger partial charge in [0, 0.05) is 46.7 Å². The Morgan fingerprint density at radius 2 is 1.67 bits per heavy atom. The van der Waals surface area contributed by atoms with E-state index in [0.29, 0.717) is 13.1 Å². The zero-order valence-corrected chi connectivity index (χ0v) is 33.0. The molecule has 8 atom stereocenters. The largest absolute Gasteiger partial charge is 0.379 e. The summed E-state index contributed by atoms with van der Waals surface area (Å²) in [6.07, 6.45) is 17.6. The number of likely N-dealkylation sites (N-methyl/N-ethyl adjacent to an activating group) is 1. The molecule has 51 heavy (non-hydrogen) atoms. The van der Waals surface area contributed by atoms with E-state index < -0.39 is 29.6 Å². The summed E-state index contributed by atoms with van der Waals surface area (Å²) in [5, 5.41) is 6.50. The van der Waals surface area contributed by atoms with Gasteiger partial charge in [-0.25, -0.2) is 0 Å². The van der Waals surface area contributed by atoms with Crippen molar-refractivity contribution in [3.8, 4) is 0 Å². The minimum absolute atomic E-state index is 0.0328. The molecule has 0 radical (unpaired) electrons. The van der Waals surface area contributed by atoms with Crippen molar-refractivity contribution in [2.24, 2.45) is 29.6 Å². The fourth-order valence-corrected chi connectivity index (χ4v) is 8.22. The number of hydrogen-bond donors (Lipinski definition) is 2. The molecule has 10 heteroatoms. The normalized spacial score (nSPS) is 24.4. The number of allylic oxidation sites excluding steroid dienone is 6. The predicted octanol–water partition coefficient (Wildman–Crippen LogP) is 5.48. The van der Waals surface area contributed by atoms with Gasteiger partial charge in [-0.05, 0) is 69.7 Å². The van der Waals surface area contributed by atoms with E-state index in [4.69, 9.17) is 9.47 Å². The van der Waals surface area contributed by atoms with Crippen LogP contribution < -0.4 is 10.6 Å². The van der Waals surface area contributed by atoms with Gasteiger partial charge < -0.3 is 29.9 Å². The first-order chi connectivity index (χ1) is 24.3. The summed E-state index contributed by atoms with van der Waals surface area (Å²) in [4.78, 5) is 58.9. The predicted molar refractivity (Wildman–Crippen MR) is 203 cm³/mol. The van der Waals surface area contributed by atoms with Crippen LogP contribution in [-0.2, 0) is 28.7 Å². The number of rotatable bonds is 19. The van der Waals surface area contributed by atoms with Crippen LogP contribution in [-0.4, -0.2) is 104 Å². The summed E-state index contributed by atoms with van der Waals surface area (Å²) in [6.45, 7) is 14.0. The molecule has 10 nitrogen and oxygen atoms in total. The number of piperidine rings is 1. The first kappa shape index (κ1) is 42.6. The summed E-state index contributed by atoms with van der Waals surface area (Å²) < 4.78 is 12.0. The third-order valence-electron chi connectivity index (χ3n) is 11.8. The molecule has 1 aliphatic carbocycles. The van der Waals surface area contributed by atoms with Crippen molar-refractivity contribution in [1.29, 1.82) is 0 Å². The Bertz CT molecular complexity index is 1220. The zero-order chi connectivity index (χ0) is 37.7. The van der Waals surface area contributed by atoms with Crippen LogP contribution in [0.4, 0.5) is 0 Å². The number of ether oxygens (including phenoxy) is 2. The maximum atomic E-state index is 14.3. The van der Waals surface area contributed by atoms with Crippen LogP contribution in [0.2, 0.25) is 0 Å². The number of nitrogens with zero attached hydrogens (tertiary/aromatic N) is 2. The molecule has 0 saturated carbocycles. The smallest absolute Gasteiger partial charge is 0.226 e. The van der Waals surface area contributed by atoms with Crippen molar-refractivity contribution in [2.75, 3.05) is 40.9 Å². The monoisotopic (exact) mass is 713 g/mol. The van der Waals surface area contributed by atoms with E-state index in [0.717, 1.165) is 51.5 Å². The van der Waals surface area contributed by atoms with Gasteiger partial charge in [0.25, 0.3) is 0 Å². The first-order valence-electron chi connectivity index (χ1n) is 19.5. The molecule has 0 bridgehead atoms. The molecule has 0 aromatic carbocycles. The van der Waals surface area contributed by atoms with Gasteiger partial charge >= 0.3 is 0 Å². The number of amides is 3. The van der Waals surface area contributed by atoms with E-state index in [2.05, 4.69) is 36.6 Å². The van der Waals surface area contributed by atoms with Crippen LogP contribution in [0, 0.1) is 29.6 Å². The van der Waals surface area contributed by atoms with Gasteiger partial charge in [0.1, 0.15) is 0 Å². The molecule has 0 aromatic rings. The van der Waals surface area contributed by atoms with Gasteiger partial charge in [0.15, 0.2) is 5.78 Å². The molecule has 2 N–H and O–H groups in total. The lowest BCUT2D eigenvalue weighted by Crippen LogP contribution is -2.55. The maximum Gasteiger partial charge on any atom is 0.226 e. The number of methoxy groups -OCH3 is 2. The number of nitrogens with one attached hydrogen (secondary N) is 2. The van der Waals surface area contributed by atoms with E-state index in [9.17, 15) is 19.2 Å². The number of Topliss-reactive ketones (excluding diaryl/α,β-unsaturated/α-hetero) is 1. The lowest BCUT2D eigenvalue weighted by molar-refractivity contribution is -0.149. The molecule has 0 spiro atoms. The summed E-state index contributed by atoms with van der Waals surface area (Å²) >= 11 is 0. The Morgan fingerprint density at radius 1 is 0.980 bits per heavy atom. The Kier molecular flexibility index (Phi) is 17.1. The highest BCUT2D eigenvalue weighted by Gasteiger charge is 2.44. The number of carbonyl (C=O) groups excluding carboxylic acids is 4. The van der Waals surface area contributed by atoms with Crippen LogP contribution in [0.3, 0.4) is 0 Å². The van der Waals surface area contributed by atoms with Crippen molar-refractivity contribution in [3.05, 3.63) is 36.5 Å². The molecular formula is C41H68N4O6. The summed E-state index contributed by atoms with van der Waals surface area (Å²) in [7, 11) is 5.02. The lowest BCUT2D eigenvalue weighted by Gasteiger charge is -2.41. The summed E-state index contributed by atoms with van der Waals surface area (Å²) in [5.74, 6) is -0.802. The molecular weight excluding hydrogens is 644 g/mol. The molecule has 288 valence electrons. The molecule has 2 heterocycles. The topological polar surface area (TPSA) is 117 Å². The SMILES string of the molecule is CC[C@H](C)[C@@H]([C@@H](CC(=O)N1CCC[C@H]1[C@H](OC)[C@@H](C)C(=O)NCCC1C=CC=CC=C1)OC)N(C)C(=O)[C@@H](CC(=O)[C@]1(C)CCCCN1)C(C)C. The standard InChI is InChI=1S/C41H68N4O6/c1-10-29(4)37(44(7)40(49)32(28(2)3)26-35(46)41(6)22-15-16-23-43-41)34(50-8)27-36(47)45-25-17-20-33(45)38(51-9)30(5)39(48)42-24-21-31-18-13-11-12-14-19-31/h11-14,18-19,28-34,37-38,43H,10,15-17,20-27H2,1-9H3,(H,42,48)/t29-,30+,32-,33-,34+,37-,38+,41-/m0/s1. The second-order valence-corrected chi connectivity index (χ2v) is 15.7. The van der Waals surface area contributed by atoms with Crippen LogP contribution in [0.5, 0.6) is 0 Å². The van der Waals surface area contributed by atoms with Gasteiger partial charge in [-0.3, -0.25) is 19.2 Å². The van der Waals surface area contributed by atoms with Crippen molar-refractivity contribution >= 4 is 23.5 Å². The van der Waals surface area contributed by atoms with E-state index in [1.54, 1.807) is 26.2 Å². The van der Waals surface area contributed by atoms with Gasteiger partial charge in [-0.1, -0.05) is 77.5 Å². The Morgan fingerprint density at radius 3 is 2.24 bits per heavy atom. The second-order valence-electron chi connectivity index (χ2n) is 15.7. The van der Waals surface area contributed by atoms with E-state index >= 15 is 0 Å². The van der Waals surface area contributed by atoms with Crippen molar-refractivity contribution in [3.63, 3.8) is 0 Å². The first-order valence-corrected chi connectivity index (χ1v) is 19.5. The summed E-state index contributed by atoms with van der Waals surface area (Å²) in [5.41, 5.74) is -0.603. The van der Waals surface area contributed by atoms with Crippen molar-refractivity contribution < 1.29 is 28.7 Å². The minimum atomic E-state index is -0.603. The number of hydrogen-bond acceptors (Lipinski definition) is 7. The molecule has 3 rings (SSSR count). The third-order valence-corrected chi connectivity index (χ3v) is 11.8. The highest BCUT2D eigenvalue weighted by Crippen LogP contribution is 2.32. The molecule has 0 aromatic heterocycles. The molecule has 3 aliphatic rings. The van der Waals surface area contributed by atoms with Gasteiger partial charge in [0.05, 0.1) is 42.2 Å². The average Bonchev–Trinajstić information content (AvgIpc) is 3.45. The zero-order valence-electron chi connectivity index (χ0n) is 33.0. The van der Waals surface area contributed by atoms with Gasteiger partial charge in [-0.15, -0.1) is 0 Å². The highest BCUT2D eigenvalue weighted by molar-refractivity contribution is 5.92. The van der Waals surface area contributed by atoms with Crippen LogP contribution >= 0.6 is 0 Å². The summed E-state index contributed by atoms with van der Waals surface area (Å²) in [6, 6.07) is -0.610. The number of likely N-dealkylation sites (tertiary alicyclic amines) is 1. The Hall–Kier alpha value is -2.82. The van der Waals surface area contributed by atoms with E-state index in [-0.39, 0.29) is 66.2 Å². The number of carbonyl (C=O) groups is 4. The molecule has 3 amide bonds. The fraction of sp³-hybridized carbons (Fsp3) is 0.756.